The summed E-state index contributed by atoms with van der Waals surface area (Å²) in [5, 5.41) is 13.9. The van der Waals surface area contributed by atoms with Crippen LogP contribution in [-0.2, 0) is 13.2 Å². The largest absolute Gasteiger partial charge is 0.503 e. The highest BCUT2D eigenvalue weighted by molar-refractivity contribution is 5.91. The maximum Gasteiger partial charge on any atom is 0.419 e. The second kappa shape index (κ2) is 8.15. The fraction of sp³-hybridized carbons (Fsp3) is 0.333. The number of halogens is 5. The third kappa shape index (κ3) is 3.83. The molecule has 0 spiro atoms. The van der Waals surface area contributed by atoms with E-state index in [2.05, 4.69) is 29.9 Å². The van der Waals surface area contributed by atoms with Gasteiger partial charge in [-0.1, -0.05) is 0 Å². The lowest BCUT2D eigenvalue weighted by molar-refractivity contribution is -0.140. The number of likely N-dealkylation sites (N-methyl/N-ethyl adjacent to an activating group) is 1. The minimum Gasteiger partial charge on any atom is -0.503 e. The first-order valence-corrected chi connectivity index (χ1v) is 10.5. The van der Waals surface area contributed by atoms with Crippen LogP contribution in [0.3, 0.4) is 0 Å². The molecule has 1 atom stereocenters. The van der Waals surface area contributed by atoms with Gasteiger partial charge in [0, 0.05) is 50.8 Å². The summed E-state index contributed by atoms with van der Waals surface area (Å²) in [6.07, 6.45) is -0.422. The summed E-state index contributed by atoms with van der Waals surface area (Å²) >= 11 is 0. The van der Waals surface area contributed by atoms with Gasteiger partial charge in [-0.15, -0.1) is 0 Å². The number of fused-ring (bicyclic) bond motifs is 1. The quantitative estimate of drug-likeness (QED) is 0.422. The number of phenolic OH excluding ortho intramolecular Hbond substituents is 1. The molecule has 4 heterocycles. The van der Waals surface area contributed by atoms with Gasteiger partial charge in [-0.25, -0.2) is 23.4 Å². The zero-order valence-electron chi connectivity index (χ0n) is 18.5. The van der Waals surface area contributed by atoms with Crippen molar-refractivity contribution >= 4 is 17.0 Å². The highest BCUT2D eigenvalue weighted by Gasteiger charge is 2.38. The number of aromatic hydroxyl groups is 1. The molecule has 1 saturated heterocycles. The lowest BCUT2D eigenvalue weighted by Crippen LogP contribution is -2.47. The number of nitrogens with one attached hydrogen (secondary N) is 1. The molecule has 0 bridgehead atoms. The number of hydrogen-bond donors (Lipinski definition) is 2. The van der Waals surface area contributed by atoms with Gasteiger partial charge in [0.05, 0.1) is 17.0 Å². The zero-order chi connectivity index (χ0) is 25.1. The Balaban J connectivity index is 1.56. The highest BCUT2D eigenvalue weighted by Crippen LogP contribution is 2.41. The van der Waals surface area contributed by atoms with Crippen molar-refractivity contribution in [2.24, 2.45) is 7.05 Å². The first-order valence-electron chi connectivity index (χ1n) is 10.5. The fourth-order valence-corrected chi connectivity index (χ4v) is 4.19. The van der Waals surface area contributed by atoms with Crippen molar-refractivity contribution in [2.75, 3.05) is 31.6 Å². The standard InChI is InChI=1S/C21H19F5N8O/c1-32-5-6-34(9-13(32)18-27-3-4-28-18)20-29-8-11-16(31-33(2)19(11)30-20)10-7-12(21(24,25)26)15(23)17(35)14(10)22/h3-4,7-8,13,35H,5-6,9H2,1-2H3,(H,27,28). The van der Waals surface area contributed by atoms with Crippen molar-refractivity contribution in [1.29, 1.82) is 0 Å². The summed E-state index contributed by atoms with van der Waals surface area (Å²) < 4.78 is 69.6. The predicted molar refractivity (Wildman–Crippen MR) is 114 cm³/mol. The molecule has 9 nitrogen and oxygen atoms in total. The van der Waals surface area contributed by atoms with Crippen LogP contribution in [0.4, 0.5) is 27.9 Å². The third-order valence-corrected chi connectivity index (χ3v) is 6.07. The molecule has 0 aliphatic carbocycles. The molecule has 14 heteroatoms. The fourth-order valence-electron chi connectivity index (χ4n) is 4.19. The van der Waals surface area contributed by atoms with Crippen LogP contribution in [0.2, 0.25) is 0 Å². The highest BCUT2D eigenvalue weighted by atomic mass is 19.4. The van der Waals surface area contributed by atoms with E-state index in [4.69, 9.17) is 0 Å². The Morgan fingerprint density at radius 2 is 1.89 bits per heavy atom. The first-order chi connectivity index (χ1) is 16.6. The molecule has 1 fully saturated rings. The van der Waals surface area contributed by atoms with Gasteiger partial charge in [-0.3, -0.25) is 4.90 Å². The summed E-state index contributed by atoms with van der Waals surface area (Å²) in [6, 6.07) is 0.242. The number of benzene rings is 1. The second-order valence-corrected chi connectivity index (χ2v) is 8.24. The average Bonchev–Trinajstić information content (AvgIpc) is 3.46. The molecule has 0 radical (unpaired) electrons. The zero-order valence-corrected chi connectivity index (χ0v) is 18.5. The molecule has 1 unspecified atom stereocenters. The average molecular weight is 494 g/mol. The Labute approximate surface area is 194 Å². The molecule has 1 aliphatic rings. The van der Waals surface area contributed by atoms with E-state index in [1.165, 1.54) is 17.9 Å². The maximum atomic E-state index is 14.7. The van der Waals surface area contributed by atoms with E-state index in [1.807, 2.05) is 11.9 Å². The van der Waals surface area contributed by atoms with Gasteiger partial charge in [0.2, 0.25) is 5.95 Å². The number of hydrogen-bond acceptors (Lipinski definition) is 7. The molecule has 0 saturated carbocycles. The van der Waals surface area contributed by atoms with Crippen LogP contribution >= 0.6 is 0 Å². The number of alkyl halides is 3. The van der Waals surface area contributed by atoms with Gasteiger partial charge < -0.3 is 15.0 Å². The monoisotopic (exact) mass is 494 g/mol. The van der Waals surface area contributed by atoms with Crippen LogP contribution < -0.4 is 4.90 Å². The summed E-state index contributed by atoms with van der Waals surface area (Å²) in [7, 11) is 3.47. The number of nitrogens with zero attached hydrogens (tertiary/aromatic N) is 7. The van der Waals surface area contributed by atoms with Gasteiger partial charge >= 0.3 is 6.18 Å². The summed E-state index contributed by atoms with van der Waals surface area (Å²) in [5.74, 6) is -4.23. The lowest BCUT2D eigenvalue weighted by Gasteiger charge is -2.38. The van der Waals surface area contributed by atoms with Gasteiger partial charge in [0.15, 0.2) is 23.0 Å². The van der Waals surface area contributed by atoms with Crippen LogP contribution in [-0.4, -0.2) is 66.4 Å². The summed E-state index contributed by atoms with van der Waals surface area (Å²) in [5.41, 5.74) is -2.53. The van der Waals surface area contributed by atoms with Gasteiger partial charge in [-0.2, -0.15) is 23.3 Å². The van der Waals surface area contributed by atoms with E-state index in [1.54, 1.807) is 12.4 Å². The summed E-state index contributed by atoms with van der Waals surface area (Å²) in [4.78, 5) is 20.4. The van der Waals surface area contributed by atoms with Crippen LogP contribution in [0, 0.1) is 11.6 Å². The molecule has 4 aromatic rings. The van der Waals surface area contributed by atoms with Crippen molar-refractivity contribution in [2.45, 2.75) is 12.2 Å². The van der Waals surface area contributed by atoms with Crippen molar-refractivity contribution in [3.8, 4) is 17.0 Å². The van der Waals surface area contributed by atoms with E-state index in [0.29, 0.717) is 25.6 Å². The number of aryl methyl sites for hydroxylation is 1. The number of piperazine rings is 1. The van der Waals surface area contributed by atoms with E-state index in [0.717, 1.165) is 5.82 Å². The minimum atomic E-state index is -5.15. The Morgan fingerprint density at radius 1 is 1.11 bits per heavy atom. The van der Waals surface area contributed by atoms with E-state index in [-0.39, 0.29) is 28.8 Å². The molecule has 0 amide bonds. The number of rotatable bonds is 3. The molecular formula is C21H19F5N8O. The predicted octanol–water partition coefficient (Wildman–Crippen LogP) is 3.25. The smallest absolute Gasteiger partial charge is 0.419 e. The number of imidazole rings is 1. The molecule has 1 aliphatic heterocycles. The number of phenols is 1. The van der Waals surface area contributed by atoms with Crippen LogP contribution in [0.25, 0.3) is 22.3 Å². The number of H-pyrrole nitrogens is 1. The Bertz CT molecular complexity index is 1400. The van der Waals surface area contributed by atoms with E-state index in [9.17, 15) is 27.1 Å². The molecule has 1 aromatic carbocycles. The number of anilines is 1. The molecule has 2 N–H and O–H groups in total. The minimum absolute atomic E-state index is 0.0442. The van der Waals surface area contributed by atoms with Crippen molar-refractivity contribution in [3.63, 3.8) is 0 Å². The van der Waals surface area contributed by atoms with Gasteiger partial charge in [0.25, 0.3) is 0 Å². The Morgan fingerprint density at radius 3 is 2.57 bits per heavy atom. The summed E-state index contributed by atoms with van der Waals surface area (Å²) in [6.45, 7) is 1.83. The number of aromatic amines is 1. The van der Waals surface area contributed by atoms with Crippen molar-refractivity contribution in [3.05, 3.63) is 47.7 Å². The topological polar surface area (TPSA) is 99.0 Å². The van der Waals surface area contributed by atoms with Crippen molar-refractivity contribution in [1.82, 2.24) is 34.6 Å². The SMILES string of the molecule is CN1CCN(c2ncc3c(-c4cc(C(F)(F)F)c(F)c(O)c4F)nn(C)c3n2)CC1c1ncc[nH]1. The van der Waals surface area contributed by atoms with Gasteiger partial charge in [-0.05, 0) is 13.1 Å². The van der Waals surface area contributed by atoms with Gasteiger partial charge in [0.1, 0.15) is 11.5 Å². The molecule has 5 rings (SSSR count). The van der Waals surface area contributed by atoms with Crippen LogP contribution in [0.15, 0.2) is 24.7 Å². The third-order valence-electron chi connectivity index (χ3n) is 6.07. The van der Waals surface area contributed by atoms with E-state index >= 15 is 0 Å². The van der Waals surface area contributed by atoms with Crippen LogP contribution in [0.5, 0.6) is 5.75 Å². The second-order valence-electron chi connectivity index (χ2n) is 8.24. The Hall–Kier alpha value is -3.81. The normalized spacial score (nSPS) is 17.5. The van der Waals surface area contributed by atoms with E-state index < -0.39 is 34.7 Å². The molecule has 3 aromatic heterocycles. The maximum absolute atomic E-state index is 14.7. The molecule has 184 valence electrons. The molecular weight excluding hydrogens is 475 g/mol. The Kier molecular flexibility index (Phi) is 5.34. The first kappa shape index (κ1) is 23.0. The lowest BCUT2D eigenvalue weighted by atomic mass is 10.0. The number of aromatic nitrogens is 6. The molecule has 35 heavy (non-hydrogen) atoms. The van der Waals surface area contributed by atoms with Crippen LogP contribution in [0.1, 0.15) is 17.4 Å². The van der Waals surface area contributed by atoms with Crippen molar-refractivity contribution < 1.29 is 27.1 Å².